The molecule has 33 heavy (non-hydrogen) atoms. The van der Waals surface area contributed by atoms with E-state index in [0.717, 1.165) is 17.8 Å². The van der Waals surface area contributed by atoms with Crippen molar-refractivity contribution in [3.8, 4) is 17.4 Å². The number of hydrogen-bond acceptors (Lipinski definition) is 5. The maximum Gasteiger partial charge on any atom is 0.418 e. The van der Waals surface area contributed by atoms with Crippen LogP contribution in [-0.2, 0) is 11.0 Å². The number of methoxy groups -OCH3 is 1. The molecule has 0 unspecified atom stereocenters. The Kier molecular flexibility index (Phi) is 6.40. The summed E-state index contributed by atoms with van der Waals surface area (Å²) in [6.45, 7) is 0. The molecule has 11 heteroatoms. The van der Waals surface area contributed by atoms with Crippen molar-refractivity contribution in [3.63, 3.8) is 0 Å². The maximum absolute atomic E-state index is 13.2. The molecule has 4 rings (SSSR count). The number of rotatable bonds is 7. The first-order valence-corrected chi connectivity index (χ1v) is 10.7. The number of halogens is 3. The van der Waals surface area contributed by atoms with Crippen LogP contribution in [0.25, 0.3) is 11.6 Å². The number of hydrogen-bond donors (Lipinski definition) is 1. The van der Waals surface area contributed by atoms with Crippen molar-refractivity contribution in [3.05, 3.63) is 78.6 Å². The first-order valence-electron chi connectivity index (χ1n) is 9.69. The van der Waals surface area contributed by atoms with Gasteiger partial charge >= 0.3 is 6.18 Å². The molecule has 1 N–H and O–H groups in total. The molecule has 0 atom stereocenters. The van der Waals surface area contributed by atoms with Crippen molar-refractivity contribution in [1.29, 1.82) is 0 Å². The lowest BCUT2D eigenvalue weighted by Crippen LogP contribution is -2.18. The van der Waals surface area contributed by atoms with Gasteiger partial charge in [0, 0.05) is 18.5 Å². The highest BCUT2D eigenvalue weighted by molar-refractivity contribution is 7.99. The fraction of sp³-hybridized carbons (Fsp3) is 0.136. The third-order valence-electron chi connectivity index (χ3n) is 4.60. The van der Waals surface area contributed by atoms with E-state index in [0.29, 0.717) is 22.5 Å². The van der Waals surface area contributed by atoms with Crippen molar-refractivity contribution >= 4 is 23.4 Å². The largest absolute Gasteiger partial charge is 0.497 e. The molecule has 0 aliphatic rings. The highest BCUT2D eigenvalue weighted by atomic mass is 32.2. The van der Waals surface area contributed by atoms with E-state index in [-0.39, 0.29) is 11.4 Å². The molecule has 1 amide bonds. The number of thioether (sulfide) groups is 1. The fourth-order valence-electron chi connectivity index (χ4n) is 3.12. The molecule has 170 valence electrons. The summed E-state index contributed by atoms with van der Waals surface area (Å²) < 4.78 is 48.4. The molecule has 0 aliphatic heterocycles. The summed E-state index contributed by atoms with van der Waals surface area (Å²) in [7, 11) is 1.55. The van der Waals surface area contributed by atoms with Crippen molar-refractivity contribution < 1.29 is 22.7 Å². The van der Waals surface area contributed by atoms with Gasteiger partial charge in [-0.2, -0.15) is 13.2 Å². The molecule has 2 aromatic carbocycles. The smallest absolute Gasteiger partial charge is 0.418 e. The molecule has 0 saturated carbocycles. The third kappa shape index (κ3) is 5.03. The van der Waals surface area contributed by atoms with Gasteiger partial charge in [0.25, 0.3) is 0 Å². The van der Waals surface area contributed by atoms with E-state index in [1.807, 2.05) is 24.3 Å². The van der Waals surface area contributed by atoms with Gasteiger partial charge in [0.2, 0.25) is 11.9 Å². The Morgan fingerprint density at radius 3 is 2.55 bits per heavy atom. The molecule has 2 heterocycles. The summed E-state index contributed by atoms with van der Waals surface area (Å²) in [5, 5.41) is 11.2. The molecule has 7 nitrogen and oxygen atoms in total. The van der Waals surface area contributed by atoms with E-state index in [4.69, 9.17) is 4.74 Å². The first kappa shape index (κ1) is 22.5. The second kappa shape index (κ2) is 9.41. The lowest BCUT2D eigenvalue weighted by molar-refractivity contribution is -0.137. The van der Waals surface area contributed by atoms with E-state index in [9.17, 15) is 18.0 Å². The Balaban J connectivity index is 1.59. The normalized spacial score (nSPS) is 11.4. The molecule has 0 saturated heterocycles. The summed E-state index contributed by atoms with van der Waals surface area (Å²) in [4.78, 5) is 12.5. The number of nitrogens with zero attached hydrogens (tertiary/aromatic N) is 4. The quantitative estimate of drug-likeness (QED) is 0.390. The highest BCUT2D eigenvalue weighted by Gasteiger charge is 2.33. The lowest BCUT2D eigenvalue weighted by atomic mass is 10.1. The Morgan fingerprint density at radius 1 is 1.06 bits per heavy atom. The van der Waals surface area contributed by atoms with Crippen molar-refractivity contribution in [2.45, 2.75) is 11.3 Å². The molecule has 0 spiro atoms. The van der Waals surface area contributed by atoms with E-state index < -0.39 is 17.6 Å². The van der Waals surface area contributed by atoms with Gasteiger partial charge in [-0.25, -0.2) is 0 Å². The van der Waals surface area contributed by atoms with Gasteiger partial charge < -0.3 is 10.1 Å². The number of nitrogens with one attached hydrogen (secondary N) is 1. The highest BCUT2D eigenvalue weighted by Crippen LogP contribution is 2.34. The van der Waals surface area contributed by atoms with E-state index >= 15 is 0 Å². The molecular formula is C22H18F3N5O2S. The van der Waals surface area contributed by atoms with Gasteiger partial charge in [0.05, 0.1) is 29.8 Å². The zero-order valence-electron chi connectivity index (χ0n) is 17.3. The molecule has 0 aliphatic carbocycles. The van der Waals surface area contributed by atoms with Crippen LogP contribution in [0.2, 0.25) is 0 Å². The van der Waals surface area contributed by atoms with E-state index in [1.54, 1.807) is 40.8 Å². The molecule has 2 aromatic heterocycles. The minimum absolute atomic E-state index is 0.167. The lowest BCUT2D eigenvalue weighted by Gasteiger charge is -2.14. The number of para-hydroxylation sites is 1. The van der Waals surface area contributed by atoms with Crippen LogP contribution in [0.1, 0.15) is 5.56 Å². The van der Waals surface area contributed by atoms with Gasteiger partial charge in [-0.05, 0) is 36.4 Å². The minimum Gasteiger partial charge on any atom is -0.497 e. The fourth-order valence-corrected chi connectivity index (χ4v) is 3.87. The maximum atomic E-state index is 13.2. The number of anilines is 1. The monoisotopic (exact) mass is 473 g/mol. The standard InChI is InChI=1S/C22H18F3N5O2S/c1-32-16-8-6-7-15(13-16)30-20(29-11-4-5-12-29)27-28-21(30)33-14-19(31)26-18-10-3-2-9-17(18)22(23,24)25/h2-13H,14H2,1H3,(H,26,31). The molecule has 0 radical (unpaired) electrons. The summed E-state index contributed by atoms with van der Waals surface area (Å²) in [6.07, 6.45) is -0.971. The van der Waals surface area contributed by atoms with Crippen molar-refractivity contribution in [2.75, 3.05) is 18.2 Å². The van der Waals surface area contributed by atoms with Crippen molar-refractivity contribution in [1.82, 2.24) is 19.3 Å². The Morgan fingerprint density at radius 2 is 1.82 bits per heavy atom. The first-order chi connectivity index (χ1) is 15.9. The average Bonchev–Trinajstić information content (AvgIpc) is 3.47. The van der Waals surface area contributed by atoms with Crippen LogP contribution in [0, 0.1) is 0 Å². The van der Waals surface area contributed by atoms with Crippen LogP contribution in [0.15, 0.2) is 78.2 Å². The van der Waals surface area contributed by atoms with Crippen molar-refractivity contribution in [2.24, 2.45) is 0 Å². The zero-order valence-corrected chi connectivity index (χ0v) is 18.1. The van der Waals surface area contributed by atoms with Crippen LogP contribution < -0.4 is 10.1 Å². The SMILES string of the molecule is COc1cccc(-n2c(SCC(=O)Nc3ccccc3C(F)(F)F)nnc2-n2cccc2)c1. The van der Waals surface area contributed by atoms with E-state index in [1.165, 1.54) is 18.2 Å². The van der Waals surface area contributed by atoms with Gasteiger partial charge in [-0.15, -0.1) is 10.2 Å². The van der Waals surface area contributed by atoms with Gasteiger partial charge in [-0.1, -0.05) is 30.0 Å². The number of aromatic nitrogens is 4. The second-order valence-electron chi connectivity index (χ2n) is 6.79. The minimum atomic E-state index is -4.57. The zero-order chi connectivity index (χ0) is 23.4. The van der Waals surface area contributed by atoms with Crippen LogP contribution in [0.5, 0.6) is 5.75 Å². The number of ether oxygens (including phenoxy) is 1. The number of benzene rings is 2. The average molecular weight is 473 g/mol. The van der Waals surface area contributed by atoms with Gasteiger partial charge in [-0.3, -0.25) is 13.9 Å². The Labute approximate surface area is 191 Å². The third-order valence-corrected chi connectivity index (χ3v) is 5.53. The van der Waals surface area contributed by atoms with E-state index in [2.05, 4.69) is 15.5 Å². The predicted molar refractivity (Wildman–Crippen MR) is 118 cm³/mol. The van der Waals surface area contributed by atoms with Crippen LogP contribution in [0.3, 0.4) is 0 Å². The number of amides is 1. The van der Waals surface area contributed by atoms with Gasteiger partial charge in [0.1, 0.15) is 5.75 Å². The molecule has 0 bridgehead atoms. The summed E-state index contributed by atoms with van der Waals surface area (Å²) >= 11 is 1.06. The Hall–Kier alpha value is -3.73. The number of alkyl halides is 3. The van der Waals surface area contributed by atoms with Crippen LogP contribution in [0.4, 0.5) is 18.9 Å². The molecule has 4 aromatic rings. The van der Waals surface area contributed by atoms with Crippen LogP contribution in [-0.4, -0.2) is 38.1 Å². The Bertz CT molecular complexity index is 1260. The predicted octanol–water partition coefficient (Wildman–Crippen LogP) is 4.82. The molecule has 0 fully saturated rings. The van der Waals surface area contributed by atoms with Crippen LogP contribution >= 0.6 is 11.8 Å². The second-order valence-corrected chi connectivity index (χ2v) is 7.73. The summed E-state index contributed by atoms with van der Waals surface area (Å²) in [5.74, 6) is 0.343. The molecular weight excluding hydrogens is 455 g/mol. The number of carbonyl (C=O) groups is 1. The summed E-state index contributed by atoms with van der Waals surface area (Å²) in [6, 6.07) is 15.7. The summed E-state index contributed by atoms with van der Waals surface area (Å²) in [5.41, 5.74) is -0.496. The topological polar surface area (TPSA) is 74.0 Å². The van der Waals surface area contributed by atoms with Gasteiger partial charge in [0.15, 0.2) is 5.16 Å². The number of carbonyl (C=O) groups excluding carboxylic acids is 1.